The average molecular weight is 255 g/mol. The van der Waals surface area contributed by atoms with Crippen LogP contribution in [0.4, 0.5) is 18.9 Å². The maximum atomic E-state index is 13.3. The van der Waals surface area contributed by atoms with Crippen molar-refractivity contribution < 1.29 is 22.9 Å². The smallest absolute Gasteiger partial charge is 0.275 e. The zero-order valence-electron chi connectivity index (χ0n) is 7.29. The van der Waals surface area contributed by atoms with E-state index in [-0.39, 0.29) is 0 Å². The Labute approximate surface area is 91.0 Å². The number of pyridine rings is 1. The van der Waals surface area contributed by atoms with Gasteiger partial charge in [0.1, 0.15) is 17.5 Å². The average Bonchev–Trinajstić information content (AvgIpc) is 2.15. The Bertz CT molecular complexity index is 466. The van der Waals surface area contributed by atoms with Crippen molar-refractivity contribution in [2.45, 2.75) is 6.43 Å². The van der Waals surface area contributed by atoms with E-state index in [0.717, 1.165) is 0 Å². The number of carbonyl (C=O) groups excluding carboxylic acids is 1. The molecule has 86 valence electrons. The highest BCUT2D eigenvalue weighted by Crippen LogP contribution is 2.28. The zero-order valence-corrected chi connectivity index (χ0v) is 8.04. The second-order valence-electron chi connectivity index (χ2n) is 2.55. The van der Waals surface area contributed by atoms with Gasteiger partial charge in [-0.15, -0.1) is 0 Å². The minimum absolute atomic E-state index is 0.306. The molecule has 1 heterocycles. The molecule has 0 saturated heterocycles. The van der Waals surface area contributed by atoms with Crippen LogP contribution < -0.4 is 0 Å². The van der Waals surface area contributed by atoms with Crippen LogP contribution in [0.3, 0.4) is 0 Å². The van der Waals surface area contributed by atoms with E-state index in [9.17, 15) is 28.1 Å². The number of nitrogens with zero attached hydrogens (tertiary/aromatic N) is 2. The Morgan fingerprint density at radius 3 is 2.50 bits per heavy atom. The molecule has 1 aromatic rings. The molecule has 0 N–H and O–H groups in total. The fourth-order valence-corrected chi connectivity index (χ4v) is 1.15. The molecule has 0 aliphatic rings. The maximum absolute atomic E-state index is 13.3. The van der Waals surface area contributed by atoms with Gasteiger partial charge in [-0.2, -0.15) is 4.39 Å². The Balaban J connectivity index is 3.54. The topological polar surface area (TPSA) is 73.1 Å². The highest BCUT2D eigenvalue weighted by atomic mass is 35.5. The summed E-state index contributed by atoms with van der Waals surface area (Å²) >= 11 is 4.86. The van der Waals surface area contributed by atoms with Crippen LogP contribution in [0.5, 0.6) is 0 Å². The molecule has 0 aliphatic heterocycles. The molecular weight excluding hydrogens is 253 g/mol. The van der Waals surface area contributed by atoms with Crippen LogP contribution in [0.2, 0.25) is 0 Å². The normalized spacial score (nSPS) is 10.6. The molecule has 0 unspecified atom stereocenters. The molecule has 0 saturated carbocycles. The van der Waals surface area contributed by atoms with Crippen molar-refractivity contribution >= 4 is 22.5 Å². The molecule has 0 aromatic carbocycles. The number of alkyl halides is 2. The van der Waals surface area contributed by atoms with Crippen molar-refractivity contribution in [1.82, 2.24) is 4.98 Å². The molecular formula is C7H2ClF3N2O3. The van der Waals surface area contributed by atoms with Crippen molar-refractivity contribution in [3.63, 3.8) is 0 Å². The van der Waals surface area contributed by atoms with E-state index < -0.39 is 39.4 Å². The van der Waals surface area contributed by atoms with Gasteiger partial charge in [0.2, 0.25) is 5.82 Å². The van der Waals surface area contributed by atoms with Crippen molar-refractivity contribution in [3.05, 3.63) is 33.4 Å². The highest BCUT2D eigenvalue weighted by Gasteiger charge is 2.29. The summed E-state index contributed by atoms with van der Waals surface area (Å²) in [6, 6.07) is 0. The third-order valence-corrected chi connectivity index (χ3v) is 1.82. The second kappa shape index (κ2) is 4.44. The third kappa shape index (κ3) is 2.11. The summed E-state index contributed by atoms with van der Waals surface area (Å²) in [5.41, 5.74) is -3.68. The summed E-state index contributed by atoms with van der Waals surface area (Å²) in [7, 11) is 0. The van der Waals surface area contributed by atoms with Gasteiger partial charge in [0.25, 0.3) is 11.7 Å². The van der Waals surface area contributed by atoms with E-state index in [1.165, 1.54) is 0 Å². The van der Waals surface area contributed by atoms with Crippen LogP contribution in [-0.2, 0) is 0 Å². The Morgan fingerprint density at radius 1 is 1.56 bits per heavy atom. The third-order valence-electron chi connectivity index (χ3n) is 1.63. The first-order valence-corrected chi connectivity index (χ1v) is 4.04. The van der Waals surface area contributed by atoms with Crippen molar-refractivity contribution in [3.8, 4) is 0 Å². The van der Waals surface area contributed by atoms with Gasteiger partial charge in [0.05, 0.1) is 4.92 Å². The summed E-state index contributed by atoms with van der Waals surface area (Å²) in [4.78, 5) is 22.7. The summed E-state index contributed by atoms with van der Waals surface area (Å²) in [5.74, 6) is -1.71. The lowest BCUT2D eigenvalue weighted by molar-refractivity contribution is -0.387. The number of hydrogen-bond donors (Lipinski definition) is 0. The molecule has 0 atom stereocenters. The summed E-state index contributed by atoms with van der Waals surface area (Å²) in [6.45, 7) is 0. The largest absolute Gasteiger partial charge is 0.323 e. The van der Waals surface area contributed by atoms with E-state index in [0.29, 0.717) is 6.20 Å². The lowest BCUT2D eigenvalue weighted by atomic mass is 10.2. The highest BCUT2D eigenvalue weighted by molar-refractivity contribution is 6.68. The predicted molar refractivity (Wildman–Crippen MR) is 46.0 cm³/mol. The van der Waals surface area contributed by atoms with E-state index in [2.05, 4.69) is 4.98 Å². The minimum atomic E-state index is -3.26. The lowest BCUT2D eigenvalue weighted by Gasteiger charge is -2.04. The first kappa shape index (κ1) is 12.4. The first-order valence-electron chi connectivity index (χ1n) is 3.67. The molecule has 1 rings (SSSR count). The molecule has 1 aromatic heterocycles. The van der Waals surface area contributed by atoms with Crippen molar-refractivity contribution in [2.24, 2.45) is 0 Å². The van der Waals surface area contributed by atoms with E-state index in [4.69, 9.17) is 11.6 Å². The first-order chi connectivity index (χ1) is 7.36. The SMILES string of the molecule is O=C(Cl)c1c(C(F)F)ncc([N+](=O)[O-])c1F. The van der Waals surface area contributed by atoms with Crippen molar-refractivity contribution in [2.75, 3.05) is 0 Å². The predicted octanol–water partition coefficient (Wildman–Crippen LogP) is 2.45. The molecule has 9 heteroatoms. The van der Waals surface area contributed by atoms with E-state index in [1.807, 2.05) is 0 Å². The minimum Gasteiger partial charge on any atom is -0.275 e. The Kier molecular flexibility index (Phi) is 3.43. The quantitative estimate of drug-likeness (QED) is 0.472. The molecule has 0 radical (unpaired) electrons. The van der Waals surface area contributed by atoms with Crippen LogP contribution in [0, 0.1) is 15.9 Å². The Morgan fingerprint density at radius 2 is 2.12 bits per heavy atom. The molecule has 0 spiro atoms. The van der Waals surface area contributed by atoms with Crippen LogP contribution in [-0.4, -0.2) is 15.1 Å². The van der Waals surface area contributed by atoms with Gasteiger partial charge in [-0.05, 0) is 11.6 Å². The number of nitro groups is 1. The van der Waals surface area contributed by atoms with Crippen LogP contribution in [0.25, 0.3) is 0 Å². The second-order valence-corrected chi connectivity index (χ2v) is 2.89. The molecule has 0 bridgehead atoms. The molecule has 0 fully saturated rings. The van der Waals surface area contributed by atoms with Gasteiger partial charge in [-0.25, -0.2) is 13.8 Å². The number of hydrogen-bond acceptors (Lipinski definition) is 4. The number of rotatable bonds is 3. The summed E-state index contributed by atoms with van der Waals surface area (Å²) < 4.78 is 37.9. The Hall–Kier alpha value is -1.70. The van der Waals surface area contributed by atoms with Gasteiger partial charge in [-0.3, -0.25) is 14.9 Å². The number of aromatic nitrogens is 1. The molecule has 16 heavy (non-hydrogen) atoms. The monoisotopic (exact) mass is 254 g/mol. The summed E-state index contributed by atoms with van der Waals surface area (Å²) in [5, 5.41) is 8.70. The lowest BCUT2D eigenvalue weighted by Crippen LogP contribution is -2.08. The van der Waals surface area contributed by atoms with Crippen LogP contribution in [0.15, 0.2) is 6.20 Å². The van der Waals surface area contributed by atoms with E-state index >= 15 is 0 Å². The number of halogens is 4. The maximum Gasteiger partial charge on any atom is 0.323 e. The van der Waals surface area contributed by atoms with Gasteiger partial charge in [0.15, 0.2) is 0 Å². The van der Waals surface area contributed by atoms with E-state index in [1.54, 1.807) is 0 Å². The summed E-state index contributed by atoms with van der Waals surface area (Å²) in [6.07, 6.45) is -2.95. The molecule has 0 aliphatic carbocycles. The zero-order chi connectivity index (χ0) is 12.5. The standard InChI is InChI=1S/C7H2ClF3N2O3/c8-6(14)3-4(9)2(13(15)16)1-12-5(3)7(10)11/h1,7H. The van der Waals surface area contributed by atoms with Gasteiger partial charge < -0.3 is 0 Å². The van der Waals surface area contributed by atoms with Gasteiger partial charge >= 0.3 is 5.69 Å². The fourth-order valence-electron chi connectivity index (χ4n) is 0.972. The van der Waals surface area contributed by atoms with Crippen LogP contribution >= 0.6 is 11.6 Å². The molecule has 0 amide bonds. The van der Waals surface area contributed by atoms with Gasteiger partial charge in [-0.1, -0.05) is 0 Å². The van der Waals surface area contributed by atoms with Crippen LogP contribution in [0.1, 0.15) is 22.5 Å². The van der Waals surface area contributed by atoms with Crippen molar-refractivity contribution in [1.29, 1.82) is 0 Å². The van der Waals surface area contributed by atoms with Gasteiger partial charge in [0, 0.05) is 0 Å². The number of carbonyl (C=O) groups is 1. The fraction of sp³-hybridized carbons (Fsp3) is 0.143. The molecule has 5 nitrogen and oxygen atoms in total.